The maximum atomic E-state index is 14.5. The van der Waals surface area contributed by atoms with Crippen LogP contribution in [-0.2, 0) is 28.9 Å². The number of hydrogen-bond donors (Lipinski definition) is 2. The Balaban J connectivity index is 0.965. The predicted molar refractivity (Wildman–Crippen MR) is 260 cm³/mol. The first-order valence-corrected chi connectivity index (χ1v) is 24.7. The van der Waals surface area contributed by atoms with E-state index in [0.29, 0.717) is 49.7 Å². The summed E-state index contributed by atoms with van der Waals surface area (Å²) >= 11 is 0. The van der Waals surface area contributed by atoms with Gasteiger partial charge < -0.3 is 19.8 Å². The number of hydrogen-bond acceptors (Lipinski definition) is 6. The molecular weight excluding hydrogens is 862 g/mol. The second kappa shape index (κ2) is 20.3. The van der Waals surface area contributed by atoms with Gasteiger partial charge in [-0.05, 0) is 105 Å². The lowest BCUT2D eigenvalue weighted by Crippen LogP contribution is -2.43. The number of rotatable bonds is 15. The standard InChI is InChI=1S/C55H63F3N8O2/c1-5-63(6-2)49(38-18-11-9-12-19-38)53(67)65-32-16-24-45(65)51-59-43-23-15-22-41-34-40(30-31-42(41)48(43)62-51)36-26-28-37(29-27-36)47-44(35-55(56,57)58)60-52(61-47)46-25-17-33-66(46)54(68)50(64(7-3)8-4)39-20-13-10-14-21-39/h9-14,18-21,26-31,34,45-46,49-50H,5-8,15-17,22-25,32-33,35H2,1-4H3,(H,59,62)(H,60,61)/t45-,46-,49+,50+/m0/s1. The van der Waals surface area contributed by atoms with E-state index in [2.05, 4.69) is 68.9 Å². The molecule has 356 valence electrons. The normalized spacial score (nSPS) is 18.2. The van der Waals surface area contributed by atoms with Gasteiger partial charge in [0.25, 0.3) is 0 Å². The lowest BCUT2D eigenvalue weighted by molar-refractivity contribution is -0.139. The van der Waals surface area contributed by atoms with Crippen LogP contribution in [0.1, 0.15) is 124 Å². The first-order chi connectivity index (χ1) is 33.0. The number of fused-ring (bicyclic) bond motifs is 3. The van der Waals surface area contributed by atoms with Crippen molar-refractivity contribution in [2.45, 2.75) is 109 Å². The maximum absolute atomic E-state index is 14.5. The van der Waals surface area contributed by atoms with Crippen molar-refractivity contribution in [2.75, 3.05) is 39.3 Å². The molecule has 68 heavy (non-hydrogen) atoms. The number of carbonyl (C=O) groups excluding carboxylic acids is 2. The third kappa shape index (κ3) is 9.52. The van der Waals surface area contributed by atoms with Crippen LogP contribution in [0.3, 0.4) is 0 Å². The van der Waals surface area contributed by atoms with Crippen LogP contribution in [0.15, 0.2) is 103 Å². The lowest BCUT2D eigenvalue weighted by Gasteiger charge is -2.34. The molecule has 1 aliphatic carbocycles. The molecule has 4 atom stereocenters. The largest absolute Gasteiger partial charge is 0.394 e. The van der Waals surface area contributed by atoms with E-state index in [1.54, 1.807) is 0 Å². The summed E-state index contributed by atoms with van der Waals surface area (Å²) in [7, 11) is 0. The van der Waals surface area contributed by atoms with E-state index in [-0.39, 0.29) is 29.6 Å². The van der Waals surface area contributed by atoms with Gasteiger partial charge >= 0.3 is 6.18 Å². The monoisotopic (exact) mass is 925 g/mol. The molecule has 2 N–H and O–H groups in total. The van der Waals surface area contributed by atoms with Crippen LogP contribution >= 0.6 is 0 Å². The quantitative estimate of drug-likeness (QED) is 0.106. The smallest absolute Gasteiger partial charge is 0.344 e. The molecule has 4 heterocycles. The third-order valence-corrected chi connectivity index (χ3v) is 14.5. The minimum atomic E-state index is -4.48. The number of nitrogens with one attached hydrogen (secondary N) is 2. The molecule has 4 aromatic carbocycles. The average Bonchev–Trinajstić information content (AvgIpc) is 4.18. The lowest BCUT2D eigenvalue weighted by atomic mass is 9.95. The average molecular weight is 925 g/mol. The molecule has 2 aliphatic heterocycles. The second-order valence-electron chi connectivity index (χ2n) is 18.4. The molecule has 0 bridgehead atoms. The van der Waals surface area contributed by atoms with Crippen molar-refractivity contribution in [2.24, 2.45) is 0 Å². The first-order valence-electron chi connectivity index (χ1n) is 24.7. The van der Waals surface area contributed by atoms with Crippen molar-refractivity contribution in [1.29, 1.82) is 0 Å². The molecular formula is C55H63F3N8O2. The van der Waals surface area contributed by atoms with Crippen LogP contribution in [-0.4, -0.2) is 96.8 Å². The molecule has 0 saturated carbocycles. The number of nitrogens with zero attached hydrogens (tertiary/aromatic N) is 6. The fraction of sp³-hybridized carbons (Fsp3) is 0.418. The number of benzene rings is 4. The van der Waals surface area contributed by atoms with E-state index in [1.165, 1.54) is 5.56 Å². The number of aryl methyl sites for hydroxylation is 2. The molecule has 3 aliphatic rings. The number of likely N-dealkylation sites (N-methyl/N-ethyl adjacent to an activating group) is 2. The van der Waals surface area contributed by atoms with Gasteiger partial charge in [0.05, 0.1) is 35.6 Å². The molecule has 0 spiro atoms. The van der Waals surface area contributed by atoms with Gasteiger partial charge in [0.1, 0.15) is 23.7 Å². The van der Waals surface area contributed by atoms with Crippen molar-refractivity contribution in [1.82, 2.24) is 39.5 Å². The summed E-state index contributed by atoms with van der Waals surface area (Å²) in [5.74, 6) is 1.28. The fourth-order valence-corrected chi connectivity index (χ4v) is 11.0. The Kier molecular flexibility index (Phi) is 14.0. The molecule has 0 unspecified atom stereocenters. The fourth-order valence-electron chi connectivity index (χ4n) is 11.0. The third-order valence-electron chi connectivity index (χ3n) is 14.5. The minimum Gasteiger partial charge on any atom is -0.344 e. The molecule has 9 rings (SSSR count). The highest BCUT2D eigenvalue weighted by Crippen LogP contribution is 2.41. The Morgan fingerprint density at radius 3 is 1.69 bits per heavy atom. The predicted octanol–water partition coefficient (Wildman–Crippen LogP) is 11.2. The highest BCUT2D eigenvalue weighted by Gasteiger charge is 2.41. The second-order valence-corrected chi connectivity index (χ2v) is 18.4. The minimum absolute atomic E-state index is 0.0673. The zero-order valence-corrected chi connectivity index (χ0v) is 39.7. The molecule has 13 heteroatoms. The summed E-state index contributed by atoms with van der Waals surface area (Å²) in [5, 5.41) is 0. The van der Waals surface area contributed by atoms with Gasteiger partial charge in [0, 0.05) is 24.3 Å². The van der Waals surface area contributed by atoms with Gasteiger partial charge in [0.15, 0.2) is 0 Å². The number of alkyl halides is 3. The zero-order valence-electron chi connectivity index (χ0n) is 39.7. The zero-order chi connectivity index (χ0) is 47.5. The Hall–Kier alpha value is -6.05. The summed E-state index contributed by atoms with van der Waals surface area (Å²) in [6, 6.07) is 32.4. The molecule has 2 fully saturated rings. The van der Waals surface area contributed by atoms with E-state index in [9.17, 15) is 22.8 Å². The number of carbonyl (C=O) groups is 2. The Morgan fingerprint density at radius 2 is 1.16 bits per heavy atom. The van der Waals surface area contributed by atoms with E-state index < -0.39 is 24.7 Å². The Bertz CT molecular complexity index is 2670. The highest BCUT2D eigenvalue weighted by atomic mass is 19.4. The van der Waals surface area contributed by atoms with Crippen molar-refractivity contribution in [3.05, 3.63) is 143 Å². The van der Waals surface area contributed by atoms with Crippen LogP contribution in [0.4, 0.5) is 13.2 Å². The summed E-state index contributed by atoms with van der Waals surface area (Å²) < 4.78 is 42.5. The number of aromatic nitrogens is 4. The SMILES string of the molecule is CCN(CC)[C@@H](C(=O)N1CCC[C@H]1c1nc2c([nH]1)CCCc1cc(-c3ccc(-c4[nH]c([C@@H]5CCCN5C(=O)[C@@H](c5ccccc5)N(CC)CC)nc4CC(F)(F)F)cc3)ccc1-2)c1ccccc1. The van der Waals surface area contributed by atoms with Gasteiger partial charge in [-0.3, -0.25) is 19.4 Å². The topological polar surface area (TPSA) is 104 Å². The summed E-state index contributed by atoms with van der Waals surface area (Å²) in [5.41, 5.74) is 8.99. The van der Waals surface area contributed by atoms with E-state index in [4.69, 9.17) is 4.98 Å². The van der Waals surface area contributed by atoms with E-state index >= 15 is 0 Å². The van der Waals surface area contributed by atoms with Crippen LogP contribution < -0.4 is 0 Å². The number of amides is 2. The molecule has 2 saturated heterocycles. The molecule has 2 aromatic heterocycles. The van der Waals surface area contributed by atoms with Crippen molar-refractivity contribution < 1.29 is 22.8 Å². The summed E-state index contributed by atoms with van der Waals surface area (Å²) in [6.07, 6.45) is 0.0855. The van der Waals surface area contributed by atoms with Crippen LogP contribution in [0.25, 0.3) is 33.6 Å². The first kappa shape index (κ1) is 47.0. The van der Waals surface area contributed by atoms with Crippen LogP contribution in [0.2, 0.25) is 0 Å². The number of halogens is 3. The van der Waals surface area contributed by atoms with Crippen molar-refractivity contribution in [3.63, 3.8) is 0 Å². The molecule has 6 aromatic rings. The molecule has 10 nitrogen and oxygen atoms in total. The number of aromatic amines is 2. The van der Waals surface area contributed by atoms with Crippen molar-refractivity contribution in [3.8, 4) is 33.6 Å². The van der Waals surface area contributed by atoms with Gasteiger partial charge in [-0.2, -0.15) is 13.2 Å². The summed E-state index contributed by atoms with van der Waals surface area (Å²) in [6.45, 7) is 12.4. The van der Waals surface area contributed by atoms with Gasteiger partial charge in [-0.25, -0.2) is 9.97 Å². The van der Waals surface area contributed by atoms with Crippen LogP contribution in [0, 0.1) is 0 Å². The van der Waals surface area contributed by atoms with Crippen molar-refractivity contribution >= 4 is 11.8 Å². The Labute approximate surface area is 398 Å². The van der Waals surface area contributed by atoms with Gasteiger partial charge in [0.2, 0.25) is 11.8 Å². The van der Waals surface area contributed by atoms with E-state index in [0.717, 1.165) is 96.6 Å². The van der Waals surface area contributed by atoms with Crippen LogP contribution in [0.5, 0.6) is 0 Å². The van der Waals surface area contributed by atoms with Gasteiger partial charge in [-0.15, -0.1) is 0 Å². The Morgan fingerprint density at radius 1 is 0.647 bits per heavy atom. The summed E-state index contributed by atoms with van der Waals surface area (Å²) in [4.78, 5) is 54.0. The van der Waals surface area contributed by atoms with E-state index in [1.807, 2.05) is 96.4 Å². The maximum Gasteiger partial charge on any atom is 0.394 e. The van der Waals surface area contributed by atoms with Gasteiger partial charge in [-0.1, -0.05) is 131 Å². The number of imidazole rings is 2. The molecule has 0 radical (unpaired) electrons. The number of H-pyrrole nitrogens is 2. The molecule has 2 amide bonds. The number of likely N-dealkylation sites (tertiary alicyclic amines) is 2. The highest BCUT2D eigenvalue weighted by molar-refractivity contribution is 5.85.